The summed E-state index contributed by atoms with van der Waals surface area (Å²) < 4.78 is 42.2. The van der Waals surface area contributed by atoms with Crippen LogP contribution >= 0.6 is 12.4 Å². The van der Waals surface area contributed by atoms with Gasteiger partial charge >= 0.3 is 0 Å². The molecular formula is C17H27ClFN3O4S. The van der Waals surface area contributed by atoms with Gasteiger partial charge in [-0.3, -0.25) is 4.79 Å². The number of nitrogens with zero attached hydrogens (tertiary/aromatic N) is 1. The van der Waals surface area contributed by atoms with Crippen LogP contribution in [0.1, 0.15) is 24.8 Å². The molecule has 10 heteroatoms. The fourth-order valence-electron chi connectivity index (χ4n) is 3.24. The molecule has 0 spiro atoms. The van der Waals surface area contributed by atoms with E-state index in [9.17, 15) is 17.6 Å². The van der Waals surface area contributed by atoms with Gasteiger partial charge in [0.1, 0.15) is 4.90 Å². The van der Waals surface area contributed by atoms with Crippen LogP contribution in [-0.2, 0) is 21.2 Å². The minimum Gasteiger partial charge on any atom is -0.492 e. The summed E-state index contributed by atoms with van der Waals surface area (Å²) in [6, 6.07) is 2.32. The number of ether oxygens (including phenoxy) is 1. The third-order valence-electron chi connectivity index (χ3n) is 4.71. The Morgan fingerprint density at radius 1 is 1.37 bits per heavy atom. The highest BCUT2D eigenvalue weighted by atomic mass is 35.5. The van der Waals surface area contributed by atoms with Gasteiger partial charge in [0.2, 0.25) is 15.9 Å². The molecule has 1 aromatic carbocycles. The number of rotatable bonds is 7. The van der Waals surface area contributed by atoms with Crippen molar-refractivity contribution >= 4 is 28.3 Å². The molecular weight excluding hydrogens is 397 g/mol. The van der Waals surface area contributed by atoms with Crippen LogP contribution in [-0.4, -0.2) is 53.0 Å². The number of sulfonamides is 1. The van der Waals surface area contributed by atoms with E-state index in [0.717, 1.165) is 39.0 Å². The Balaban J connectivity index is 0.00000364. The molecule has 1 saturated heterocycles. The Morgan fingerprint density at radius 2 is 2.00 bits per heavy atom. The van der Waals surface area contributed by atoms with Gasteiger partial charge in [0.25, 0.3) is 0 Å². The fourth-order valence-corrected chi connectivity index (χ4v) is 3.99. The van der Waals surface area contributed by atoms with Gasteiger partial charge in [-0.25, -0.2) is 17.9 Å². The topological polar surface area (TPSA) is 102 Å². The Labute approximate surface area is 165 Å². The number of nitrogens with two attached hydrogens (primary N) is 1. The summed E-state index contributed by atoms with van der Waals surface area (Å²) in [6.45, 7) is 2.28. The Hall–Kier alpha value is -1.42. The van der Waals surface area contributed by atoms with Crippen molar-refractivity contribution in [1.82, 2.24) is 10.2 Å². The number of amides is 1. The highest BCUT2D eigenvalue weighted by molar-refractivity contribution is 7.89. The molecule has 0 saturated carbocycles. The van der Waals surface area contributed by atoms with Crippen LogP contribution in [0.3, 0.4) is 0 Å². The molecule has 1 fully saturated rings. The lowest BCUT2D eigenvalue weighted by molar-refractivity contribution is -0.131. The van der Waals surface area contributed by atoms with E-state index in [1.165, 1.54) is 6.07 Å². The minimum atomic E-state index is -4.16. The average Bonchev–Trinajstić information content (AvgIpc) is 2.59. The van der Waals surface area contributed by atoms with E-state index in [-0.39, 0.29) is 30.3 Å². The molecule has 1 amide bonds. The lowest BCUT2D eigenvalue weighted by Crippen LogP contribution is -2.39. The van der Waals surface area contributed by atoms with Gasteiger partial charge in [-0.15, -0.1) is 12.4 Å². The fraction of sp³-hybridized carbons (Fsp3) is 0.588. The summed E-state index contributed by atoms with van der Waals surface area (Å²) in [5, 5.41) is 8.25. The summed E-state index contributed by atoms with van der Waals surface area (Å²) in [4.78, 5) is 13.8. The zero-order valence-corrected chi connectivity index (χ0v) is 17.2. The molecule has 1 aliphatic heterocycles. The number of hydrogen-bond acceptors (Lipinski definition) is 5. The Morgan fingerprint density at radius 3 is 2.52 bits per heavy atom. The van der Waals surface area contributed by atoms with Crippen LogP contribution < -0.4 is 15.2 Å². The number of hydrogen-bond donors (Lipinski definition) is 2. The summed E-state index contributed by atoms with van der Waals surface area (Å²) in [5.74, 6) is -0.845. The van der Waals surface area contributed by atoms with Crippen molar-refractivity contribution < 1.29 is 22.3 Å². The molecule has 0 aliphatic carbocycles. The normalized spacial score (nSPS) is 15.3. The number of likely N-dealkylation sites (tertiary alicyclic amines) is 1. The smallest absolute Gasteiger partial charge is 0.241 e. The first kappa shape index (κ1) is 23.6. The minimum absolute atomic E-state index is 0. The lowest BCUT2D eigenvalue weighted by Gasteiger charge is -2.32. The number of piperidine rings is 1. The number of primary sulfonamides is 1. The first-order valence-electron chi connectivity index (χ1n) is 8.57. The van der Waals surface area contributed by atoms with Gasteiger partial charge in [-0.1, -0.05) is 0 Å². The predicted molar refractivity (Wildman–Crippen MR) is 103 cm³/mol. The first-order chi connectivity index (χ1) is 12.3. The van der Waals surface area contributed by atoms with Crippen molar-refractivity contribution in [3.63, 3.8) is 0 Å². The molecule has 1 aromatic rings. The summed E-state index contributed by atoms with van der Waals surface area (Å²) in [7, 11) is -1.08. The second kappa shape index (κ2) is 10.2. The highest BCUT2D eigenvalue weighted by Crippen LogP contribution is 2.28. The molecule has 2 rings (SSSR count). The predicted octanol–water partition coefficient (Wildman–Crippen LogP) is 1.29. The van der Waals surface area contributed by atoms with Gasteiger partial charge in [-0.2, -0.15) is 0 Å². The number of benzene rings is 1. The maximum Gasteiger partial charge on any atom is 0.241 e. The molecule has 0 atom stereocenters. The van der Waals surface area contributed by atoms with E-state index in [2.05, 4.69) is 5.32 Å². The summed E-state index contributed by atoms with van der Waals surface area (Å²) in [5.41, 5.74) is 0.259. The van der Waals surface area contributed by atoms with Crippen molar-refractivity contribution in [1.29, 1.82) is 0 Å². The summed E-state index contributed by atoms with van der Waals surface area (Å²) in [6.07, 6.45) is 2.88. The number of carbonyl (C=O) groups excluding carboxylic acids is 1. The van der Waals surface area contributed by atoms with Crippen LogP contribution in [0.4, 0.5) is 4.39 Å². The maximum absolute atomic E-state index is 14.1. The quantitative estimate of drug-likeness (QED) is 0.688. The highest BCUT2D eigenvalue weighted by Gasteiger charge is 2.25. The molecule has 3 N–H and O–H groups in total. The zero-order chi connectivity index (χ0) is 19.3. The van der Waals surface area contributed by atoms with Crippen molar-refractivity contribution in [2.24, 2.45) is 11.1 Å². The summed E-state index contributed by atoms with van der Waals surface area (Å²) >= 11 is 0. The second-order valence-electron chi connectivity index (χ2n) is 6.55. The van der Waals surface area contributed by atoms with Crippen molar-refractivity contribution in [3.05, 3.63) is 23.5 Å². The van der Waals surface area contributed by atoms with Crippen LogP contribution in [0.2, 0.25) is 0 Å². The van der Waals surface area contributed by atoms with Crippen molar-refractivity contribution in [2.45, 2.75) is 30.6 Å². The van der Waals surface area contributed by atoms with E-state index in [1.807, 2.05) is 7.05 Å². The third-order valence-corrected chi connectivity index (χ3v) is 5.62. The van der Waals surface area contributed by atoms with E-state index in [1.54, 1.807) is 4.90 Å². The number of carbonyl (C=O) groups is 1. The van der Waals surface area contributed by atoms with Crippen LogP contribution in [0.25, 0.3) is 0 Å². The Bertz CT molecular complexity index is 753. The van der Waals surface area contributed by atoms with Gasteiger partial charge in [0, 0.05) is 13.1 Å². The standard InChI is InChI=1S/C17H26FN3O4S.ClH/c1-20-6-3-12-4-7-21(8-5-12)16(22)11-13-9-14(18)17(25-2)15(10-13)26(19,23)24;/h9-10,12,20H,3-8,11H2,1-2H3,(H2,19,23,24);1H. The first-order valence-corrected chi connectivity index (χ1v) is 10.1. The van der Waals surface area contributed by atoms with Crippen molar-refractivity contribution in [3.8, 4) is 5.75 Å². The van der Waals surface area contributed by atoms with E-state index in [0.29, 0.717) is 19.0 Å². The van der Waals surface area contributed by atoms with E-state index in [4.69, 9.17) is 9.88 Å². The SMILES string of the molecule is CNCCC1CCN(C(=O)Cc2cc(F)c(OC)c(S(N)(=O)=O)c2)CC1.Cl. The van der Waals surface area contributed by atoms with Gasteiger partial charge in [0.05, 0.1) is 13.5 Å². The molecule has 1 aliphatic rings. The molecule has 0 radical (unpaired) electrons. The van der Waals surface area contributed by atoms with E-state index >= 15 is 0 Å². The molecule has 27 heavy (non-hydrogen) atoms. The second-order valence-corrected chi connectivity index (χ2v) is 8.08. The van der Waals surface area contributed by atoms with Crippen molar-refractivity contribution in [2.75, 3.05) is 33.8 Å². The Kier molecular flexibility index (Phi) is 8.93. The average molecular weight is 424 g/mol. The number of nitrogens with one attached hydrogen (secondary N) is 1. The van der Waals surface area contributed by atoms with Crippen LogP contribution in [0.15, 0.2) is 17.0 Å². The maximum atomic E-state index is 14.1. The molecule has 0 aromatic heterocycles. The number of halogens is 2. The molecule has 0 unspecified atom stereocenters. The van der Waals surface area contributed by atoms with E-state index < -0.39 is 26.5 Å². The van der Waals surface area contributed by atoms with Crippen LogP contribution in [0.5, 0.6) is 5.75 Å². The number of methoxy groups -OCH3 is 1. The molecule has 1 heterocycles. The van der Waals surface area contributed by atoms with Crippen LogP contribution in [0, 0.1) is 11.7 Å². The van der Waals surface area contributed by atoms with Gasteiger partial charge < -0.3 is 15.0 Å². The third kappa shape index (κ3) is 6.31. The largest absolute Gasteiger partial charge is 0.492 e. The lowest BCUT2D eigenvalue weighted by atomic mass is 9.93. The zero-order valence-electron chi connectivity index (χ0n) is 15.5. The monoisotopic (exact) mass is 423 g/mol. The molecule has 0 bridgehead atoms. The van der Waals surface area contributed by atoms with Gasteiger partial charge in [0.15, 0.2) is 11.6 Å². The molecule has 7 nitrogen and oxygen atoms in total. The molecule has 154 valence electrons. The van der Waals surface area contributed by atoms with Gasteiger partial charge in [-0.05, 0) is 56.5 Å².